The number of likely N-dealkylation sites (tertiary alicyclic amines) is 1. The van der Waals surface area contributed by atoms with Gasteiger partial charge < -0.3 is 15.0 Å². The number of allylic oxidation sites excluding steroid dienone is 1. The molecule has 0 aromatic heterocycles. The average Bonchev–Trinajstić information content (AvgIpc) is 3.44. The van der Waals surface area contributed by atoms with Crippen molar-refractivity contribution in [2.45, 2.75) is 71.4 Å². The Bertz CT molecular complexity index is 938. The Morgan fingerprint density at radius 3 is 2.65 bits per heavy atom. The zero-order chi connectivity index (χ0) is 22.2. The van der Waals surface area contributed by atoms with E-state index in [1.807, 2.05) is 31.7 Å². The zero-order valence-corrected chi connectivity index (χ0v) is 19.0. The number of carbonyl (C=O) groups excluding carboxylic acids is 2. The van der Waals surface area contributed by atoms with Gasteiger partial charge in [0.1, 0.15) is 11.3 Å². The lowest BCUT2D eigenvalue weighted by Crippen LogP contribution is -2.50. The van der Waals surface area contributed by atoms with Crippen LogP contribution < -0.4 is 5.32 Å². The Balaban J connectivity index is 1.51. The number of nitrogens with one attached hydrogen (secondary N) is 1. The van der Waals surface area contributed by atoms with Crippen molar-refractivity contribution in [3.05, 3.63) is 41.1 Å². The second-order valence-corrected chi connectivity index (χ2v) is 9.99. The van der Waals surface area contributed by atoms with Crippen LogP contribution in [0.5, 0.6) is 0 Å². The molecule has 166 valence electrons. The summed E-state index contributed by atoms with van der Waals surface area (Å²) in [7, 11) is 0. The largest absolute Gasteiger partial charge is 0.444 e. The Hall–Kier alpha value is -2.63. The van der Waals surface area contributed by atoms with Crippen LogP contribution in [-0.4, -0.2) is 47.3 Å². The maximum Gasteiger partial charge on any atom is 0.407 e. The summed E-state index contributed by atoms with van der Waals surface area (Å²) in [5, 5.41) is 2.93. The summed E-state index contributed by atoms with van der Waals surface area (Å²) in [5.74, 6) is 0.510. The van der Waals surface area contributed by atoms with E-state index < -0.39 is 11.7 Å². The van der Waals surface area contributed by atoms with Crippen LogP contribution in [0.1, 0.15) is 64.0 Å². The van der Waals surface area contributed by atoms with Crippen LogP contribution in [0, 0.1) is 12.8 Å². The highest BCUT2D eigenvalue weighted by molar-refractivity contribution is 6.12. The van der Waals surface area contributed by atoms with Gasteiger partial charge >= 0.3 is 6.09 Å². The number of hydrogen-bond donors (Lipinski definition) is 1. The molecule has 1 saturated heterocycles. The Kier molecular flexibility index (Phi) is 5.91. The molecule has 1 N–H and O–H groups in total. The monoisotopic (exact) mass is 423 g/mol. The predicted octanol–water partition coefficient (Wildman–Crippen LogP) is 4.48. The van der Waals surface area contributed by atoms with Crippen LogP contribution in [-0.2, 0) is 9.53 Å². The van der Waals surface area contributed by atoms with Crippen molar-refractivity contribution >= 4 is 23.3 Å². The number of nitrogens with zero attached hydrogens (tertiary/aromatic N) is 2. The summed E-state index contributed by atoms with van der Waals surface area (Å²) >= 11 is 0. The van der Waals surface area contributed by atoms with E-state index in [1.54, 1.807) is 0 Å². The average molecular weight is 424 g/mol. The molecule has 0 unspecified atom stereocenters. The summed E-state index contributed by atoms with van der Waals surface area (Å²) in [5.41, 5.74) is 4.50. The van der Waals surface area contributed by atoms with Gasteiger partial charge in [0.15, 0.2) is 0 Å². The van der Waals surface area contributed by atoms with Gasteiger partial charge in [-0.05, 0) is 70.4 Å². The smallest absolute Gasteiger partial charge is 0.407 e. The lowest BCUT2D eigenvalue weighted by molar-refractivity contribution is -0.128. The van der Waals surface area contributed by atoms with Crippen molar-refractivity contribution in [1.82, 2.24) is 10.2 Å². The lowest BCUT2D eigenvalue weighted by atomic mass is 9.97. The fourth-order valence-electron chi connectivity index (χ4n) is 4.32. The molecule has 1 atom stereocenters. The maximum absolute atomic E-state index is 13.5. The van der Waals surface area contributed by atoms with E-state index in [-0.39, 0.29) is 11.9 Å². The van der Waals surface area contributed by atoms with Crippen molar-refractivity contribution in [2.75, 3.05) is 13.1 Å². The third-order valence-electron chi connectivity index (χ3n) is 5.95. The molecule has 1 saturated carbocycles. The first-order chi connectivity index (χ1) is 14.7. The van der Waals surface area contributed by atoms with Crippen LogP contribution >= 0.6 is 0 Å². The topological polar surface area (TPSA) is 71.0 Å². The molecule has 2 amide bonds. The van der Waals surface area contributed by atoms with E-state index in [4.69, 9.17) is 9.73 Å². The van der Waals surface area contributed by atoms with E-state index >= 15 is 0 Å². The normalized spacial score (nSPS) is 21.7. The summed E-state index contributed by atoms with van der Waals surface area (Å²) in [6, 6.07) is 8.21. The number of rotatable bonds is 4. The minimum absolute atomic E-state index is 0.0251. The van der Waals surface area contributed by atoms with Crippen LogP contribution in [0.15, 0.2) is 35.0 Å². The minimum Gasteiger partial charge on any atom is -0.444 e. The van der Waals surface area contributed by atoms with Crippen LogP contribution in [0.4, 0.5) is 4.79 Å². The molecular formula is C25H33N3O3. The standard InChI is InChI=1S/C25H33N3O3/c1-16-7-5-8-18(13-16)20-14-21(17-10-11-17)27-22(20)23(29)28-12-6-9-19(15-28)26-24(30)31-25(2,3)4/h5,7-8,13,17,19H,6,9-12,14-15H2,1-4H3,(H,26,30)/t19-/m1/s1. The van der Waals surface area contributed by atoms with Gasteiger partial charge in [-0.25, -0.2) is 4.79 Å². The Morgan fingerprint density at radius 2 is 1.97 bits per heavy atom. The highest BCUT2D eigenvalue weighted by Gasteiger charge is 2.36. The fourth-order valence-corrected chi connectivity index (χ4v) is 4.32. The quantitative estimate of drug-likeness (QED) is 0.776. The SMILES string of the molecule is Cc1cccc(C2=C(C(=O)N3CCC[C@@H](NC(=O)OC(C)(C)C)C3)N=C(C3CC3)C2)c1. The minimum atomic E-state index is -0.542. The molecule has 1 aliphatic carbocycles. The van der Waals surface area contributed by atoms with Crippen molar-refractivity contribution < 1.29 is 14.3 Å². The first-order valence-corrected chi connectivity index (χ1v) is 11.4. The first-order valence-electron chi connectivity index (χ1n) is 11.4. The molecule has 2 fully saturated rings. The summed E-state index contributed by atoms with van der Waals surface area (Å²) < 4.78 is 5.38. The molecule has 2 heterocycles. The lowest BCUT2D eigenvalue weighted by Gasteiger charge is -2.33. The second-order valence-electron chi connectivity index (χ2n) is 9.99. The van der Waals surface area contributed by atoms with Crippen LogP contribution in [0.25, 0.3) is 5.57 Å². The van der Waals surface area contributed by atoms with E-state index in [1.165, 1.54) is 18.4 Å². The molecule has 2 aliphatic heterocycles. The molecule has 6 nitrogen and oxygen atoms in total. The van der Waals surface area contributed by atoms with Crippen LogP contribution in [0.3, 0.4) is 0 Å². The molecule has 0 bridgehead atoms. The molecular weight excluding hydrogens is 390 g/mol. The van der Waals surface area contributed by atoms with E-state index in [0.29, 0.717) is 24.7 Å². The highest BCUT2D eigenvalue weighted by atomic mass is 16.6. The first kappa shape index (κ1) is 21.6. The van der Waals surface area contributed by atoms with Gasteiger partial charge in [0.2, 0.25) is 0 Å². The van der Waals surface area contributed by atoms with Gasteiger partial charge in [0, 0.05) is 31.3 Å². The number of piperidine rings is 1. The van der Waals surface area contributed by atoms with Gasteiger partial charge in [-0.3, -0.25) is 9.79 Å². The molecule has 0 spiro atoms. The van der Waals surface area contributed by atoms with Gasteiger partial charge in [-0.15, -0.1) is 0 Å². The molecule has 0 radical (unpaired) electrons. The summed E-state index contributed by atoms with van der Waals surface area (Å²) in [6.07, 6.45) is 4.37. The molecule has 1 aromatic rings. The maximum atomic E-state index is 13.5. The zero-order valence-electron chi connectivity index (χ0n) is 19.0. The van der Waals surface area contributed by atoms with E-state index in [0.717, 1.165) is 36.1 Å². The second kappa shape index (κ2) is 8.48. The molecule has 3 aliphatic rings. The van der Waals surface area contributed by atoms with E-state index in [9.17, 15) is 9.59 Å². The van der Waals surface area contributed by atoms with Gasteiger partial charge in [-0.1, -0.05) is 29.8 Å². The number of aryl methyl sites for hydroxylation is 1. The fraction of sp³-hybridized carbons (Fsp3) is 0.560. The summed E-state index contributed by atoms with van der Waals surface area (Å²) in [6.45, 7) is 8.77. The number of amides is 2. The van der Waals surface area contributed by atoms with Crippen molar-refractivity contribution in [3.63, 3.8) is 0 Å². The molecule has 6 heteroatoms. The third-order valence-corrected chi connectivity index (χ3v) is 5.95. The van der Waals surface area contributed by atoms with Gasteiger partial charge in [0.05, 0.1) is 0 Å². The third kappa shape index (κ3) is 5.35. The number of hydrogen-bond acceptors (Lipinski definition) is 4. The van der Waals surface area contributed by atoms with Gasteiger partial charge in [-0.2, -0.15) is 0 Å². The van der Waals surface area contributed by atoms with Crippen molar-refractivity contribution in [3.8, 4) is 0 Å². The number of carbonyl (C=O) groups is 2. The Labute approximate surface area is 184 Å². The summed E-state index contributed by atoms with van der Waals surface area (Å²) in [4.78, 5) is 32.4. The highest BCUT2D eigenvalue weighted by Crippen LogP contribution is 2.40. The Morgan fingerprint density at radius 1 is 1.19 bits per heavy atom. The van der Waals surface area contributed by atoms with Crippen molar-refractivity contribution in [1.29, 1.82) is 0 Å². The molecule has 1 aromatic carbocycles. The predicted molar refractivity (Wildman–Crippen MR) is 122 cm³/mol. The number of aliphatic imine (C=N–C) groups is 1. The van der Waals surface area contributed by atoms with Gasteiger partial charge in [0.25, 0.3) is 5.91 Å². The number of ether oxygens (including phenoxy) is 1. The number of benzene rings is 1. The number of alkyl carbamates (subject to hydrolysis) is 1. The van der Waals surface area contributed by atoms with Crippen molar-refractivity contribution in [2.24, 2.45) is 10.9 Å². The van der Waals surface area contributed by atoms with Crippen LogP contribution in [0.2, 0.25) is 0 Å². The molecule has 4 rings (SSSR count). The van der Waals surface area contributed by atoms with E-state index in [2.05, 4.69) is 30.4 Å². The molecule has 31 heavy (non-hydrogen) atoms.